The second-order valence-electron chi connectivity index (χ2n) is 4.62. The Bertz CT molecular complexity index is 441. The molecule has 5 nitrogen and oxygen atoms in total. The van der Waals surface area contributed by atoms with Crippen LogP contribution in [0.25, 0.3) is 0 Å². The van der Waals surface area contributed by atoms with Crippen molar-refractivity contribution in [3.8, 4) is 0 Å². The van der Waals surface area contributed by atoms with Crippen molar-refractivity contribution in [1.82, 2.24) is 9.88 Å². The van der Waals surface area contributed by atoms with E-state index in [1.165, 1.54) is 0 Å². The molecule has 0 aliphatic heterocycles. The standard InChI is InChI=1S/C14H24N4O/c1-5-18(6-2)8-7-16-14-12(13(15)19)10(3)9-11(4)17-14/h9H,5-8H2,1-4H3,(H2,15,19)(H,16,17). The second kappa shape index (κ2) is 7.09. The molecule has 19 heavy (non-hydrogen) atoms. The topological polar surface area (TPSA) is 71.2 Å². The normalized spacial score (nSPS) is 10.8. The number of anilines is 1. The molecule has 0 saturated carbocycles. The van der Waals surface area contributed by atoms with Gasteiger partial charge < -0.3 is 16.0 Å². The van der Waals surface area contributed by atoms with Crippen LogP contribution in [-0.4, -0.2) is 42.0 Å². The van der Waals surface area contributed by atoms with Gasteiger partial charge in [0.25, 0.3) is 5.91 Å². The summed E-state index contributed by atoms with van der Waals surface area (Å²) in [6.45, 7) is 11.7. The Kier molecular flexibility index (Phi) is 5.76. The predicted molar refractivity (Wildman–Crippen MR) is 78.5 cm³/mol. The number of primary amides is 1. The van der Waals surface area contributed by atoms with E-state index in [2.05, 4.69) is 29.0 Å². The zero-order valence-electron chi connectivity index (χ0n) is 12.3. The van der Waals surface area contributed by atoms with Crippen LogP contribution < -0.4 is 11.1 Å². The molecule has 0 radical (unpaired) electrons. The van der Waals surface area contributed by atoms with Crippen LogP contribution in [0.1, 0.15) is 35.5 Å². The molecule has 1 aromatic heterocycles. The third-order valence-corrected chi connectivity index (χ3v) is 3.21. The lowest BCUT2D eigenvalue weighted by atomic mass is 10.1. The van der Waals surface area contributed by atoms with E-state index in [0.717, 1.165) is 37.4 Å². The number of nitrogens with zero attached hydrogens (tertiary/aromatic N) is 2. The Labute approximate surface area is 115 Å². The van der Waals surface area contributed by atoms with Crippen molar-refractivity contribution >= 4 is 11.7 Å². The summed E-state index contributed by atoms with van der Waals surface area (Å²) in [7, 11) is 0. The van der Waals surface area contributed by atoms with Gasteiger partial charge in [0.05, 0.1) is 5.56 Å². The summed E-state index contributed by atoms with van der Waals surface area (Å²) in [6, 6.07) is 1.87. The van der Waals surface area contributed by atoms with Crippen LogP contribution in [0.2, 0.25) is 0 Å². The number of rotatable bonds is 7. The number of nitrogens with one attached hydrogen (secondary N) is 1. The zero-order chi connectivity index (χ0) is 14.4. The third kappa shape index (κ3) is 4.21. The molecule has 1 heterocycles. The molecule has 0 saturated heterocycles. The van der Waals surface area contributed by atoms with Gasteiger partial charge in [-0.1, -0.05) is 13.8 Å². The van der Waals surface area contributed by atoms with Crippen molar-refractivity contribution in [3.63, 3.8) is 0 Å². The molecule has 0 atom stereocenters. The molecule has 0 aliphatic carbocycles. The van der Waals surface area contributed by atoms with Gasteiger partial charge in [0, 0.05) is 18.8 Å². The highest BCUT2D eigenvalue weighted by molar-refractivity contribution is 5.99. The van der Waals surface area contributed by atoms with Crippen LogP contribution >= 0.6 is 0 Å². The lowest BCUT2D eigenvalue weighted by molar-refractivity contribution is 0.1000. The average molecular weight is 264 g/mol. The summed E-state index contributed by atoms with van der Waals surface area (Å²) < 4.78 is 0. The van der Waals surface area contributed by atoms with Gasteiger partial charge in [0.1, 0.15) is 5.82 Å². The molecule has 0 spiro atoms. The minimum atomic E-state index is -0.435. The first-order valence-electron chi connectivity index (χ1n) is 6.73. The van der Waals surface area contributed by atoms with Gasteiger partial charge in [-0.25, -0.2) is 4.98 Å². The summed E-state index contributed by atoms with van der Waals surface area (Å²) >= 11 is 0. The third-order valence-electron chi connectivity index (χ3n) is 3.21. The highest BCUT2D eigenvalue weighted by Gasteiger charge is 2.13. The fourth-order valence-electron chi connectivity index (χ4n) is 2.15. The number of pyridine rings is 1. The first-order valence-corrected chi connectivity index (χ1v) is 6.73. The largest absolute Gasteiger partial charge is 0.368 e. The van der Waals surface area contributed by atoms with Crippen molar-refractivity contribution in [2.45, 2.75) is 27.7 Å². The Morgan fingerprint density at radius 2 is 2.00 bits per heavy atom. The SMILES string of the molecule is CCN(CC)CCNc1nc(C)cc(C)c1C(N)=O. The molecule has 1 rings (SSSR count). The number of carbonyl (C=O) groups is 1. The van der Waals surface area contributed by atoms with E-state index in [-0.39, 0.29) is 0 Å². The molecule has 0 fully saturated rings. The molecule has 0 unspecified atom stereocenters. The van der Waals surface area contributed by atoms with Gasteiger partial charge in [-0.15, -0.1) is 0 Å². The first-order chi connectivity index (χ1) is 8.99. The molecule has 5 heteroatoms. The van der Waals surface area contributed by atoms with Crippen molar-refractivity contribution in [2.24, 2.45) is 5.73 Å². The molecule has 3 N–H and O–H groups in total. The van der Waals surface area contributed by atoms with Gasteiger partial charge in [-0.3, -0.25) is 4.79 Å². The smallest absolute Gasteiger partial charge is 0.252 e. The first kappa shape index (κ1) is 15.4. The summed E-state index contributed by atoms with van der Waals surface area (Å²) in [6.07, 6.45) is 0. The Balaban J connectivity index is 2.80. The van der Waals surface area contributed by atoms with Crippen molar-refractivity contribution in [3.05, 3.63) is 22.9 Å². The van der Waals surface area contributed by atoms with Gasteiger partial charge in [-0.2, -0.15) is 0 Å². The lowest BCUT2D eigenvalue weighted by Crippen LogP contribution is -2.29. The average Bonchev–Trinajstić information content (AvgIpc) is 2.33. The number of nitrogens with two attached hydrogens (primary N) is 1. The maximum absolute atomic E-state index is 11.5. The number of carbonyl (C=O) groups excluding carboxylic acids is 1. The lowest BCUT2D eigenvalue weighted by Gasteiger charge is -2.19. The molecule has 1 aromatic rings. The van der Waals surface area contributed by atoms with Gasteiger partial charge in [0.2, 0.25) is 0 Å². The van der Waals surface area contributed by atoms with Crippen molar-refractivity contribution < 1.29 is 4.79 Å². The van der Waals surface area contributed by atoms with Gasteiger partial charge >= 0.3 is 0 Å². The van der Waals surface area contributed by atoms with Crippen LogP contribution in [0.3, 0.4) is 0 Å². The zero-order valence-corrected chi connectivity index (χ0v) is 12.3. The van der Waals surface area contributed by atoms with Crippen LogP contribution in [0, 0.1) is 13.8 Å². The molecule has 106 valence electrons. The van der Waals surface area contributed by atoms with Crippen LogP contribution in [-0.2, 0) is 0 Å². The highest BCUT2D eigenvalue weighted by Crippen LogP contribution is 2.17. The molecule has 0 bridgehead atoms. The minimum absolute atomic E-state index is 0.435. The van der Waals surface area contributed by atoms with Crippen LogP contribution in [0.15, 0.2) is 6.07 Å². The van der Waals surface area contributed by atoms with Crippen molar-refractivity contribution in [2.75, 3.05) is 31.5 Å². The summed E-state index contributed by atoms with van der Waals surface area (Å²) in [5, 5.41) is 3.22. The van der Waals surface area contributed by atoms with E-state index in [4.69, 9.17) is 5.73 Å². The van der Waals surface area contributed by atoms with E-state index in [1.54, 1.807) is 0 Å². The quantitative estimate of drug-likeness (QED) is 0.784. The van der Waals surface area contributed by atoms with E-state index in [9.17, 15) is 4.79 Å². The maximum Gasteiger partial charge on any atom is 0.252 e. The number of aromatic nitrogens is 1. The molecule has 1 amide bonds. The molecular formula is C14H24N4O. The second-order valence-corrected chi connectivity index (χ2v) is 4.62. The Morgan fingerprint density at radius 1 is 1.37 bits per heavy atom. The van der Waals surface area contributed by atoms with Crippen molar-refractivity contribution in [1.29, 1.82) is 0 Å². The summed E-state index contributed by atoms with van der Waals surface area (Å²) in [5.74, 6) is 0.160. The highest BCUT2D eigenvalue weighted by atomic mass is 16.1. The summed E-state index contributed by atoms with van der Waals surface area (Å²) in [5.41, 5.74) is 7.66. The van der Waals surface area contributed by atoms with Crippen LogP contribution in [0.4, 0.5) is 5.82 Å². The number of amides is 1. The predicted octanol–water partition coefficient (Wildman–Crippen LogP) is 1.55. The molecule has 0 aromatic carbocycles. The number of likely N-dealkylation sites (N-methyl/N-ethyl adjacent to an activating group) is 1. The molecule has 0 aliphatic rings. The number of aryl methyl sites for hydroxylation is 2. The fraction of sp³-hybridized carbons (Fsp3) is 0.571. The van der Waals surface area contributed by atoms with E-state index < -0.39 is 5.91 Å². The van der Waals surface area contributed by atoms with E-state index in [0.29, 0.717) is 11.4 Å². The number of hydrogen-bond donors (Lipinski definition) is 2. The van der Waals surface area contributed by atoms with Gasteiger partial charge in [-0.05, 0) is 38.6 Å². The van der Waals surface area contributed by atoms with E-state index in [1.807, 2.05) is 19.9 Å². The van der Waals surface area contributed by atoms with Gasteiger partial charge in [0.15, 0.2) is 0 Å². The Hall–Kier alpha value is -1.62. The summed E-state index contributed by atoms with van der Waals surface area (Å²) in [4.78, 5) is 18.2. The minimum Gasteiger partial charge on any atom is -0.368 e. The van der Waals surface area contributed by atoms with Crippen LogP contribution in [0.5, 0.6) is 0 Å². The molecular weight excluding hydrogens is 240 g/mol. The maximum atomic E-state index is 11.5. The van der Waals surface area contributed by atoms with E-state index >= 15 is 0 Å². The fourth-order valence-corrected chi connectivity index (χ4v) is 2.15. The number of hydrogen-bond acceptors (Lipinski definition) is 4. The Morgan fingerprint density at radius 3 is 2.53 bits per heavy atom. The monoisotopic (exact) mass is 264 g/mol.